The van der Waals surface area contributed by atoms with Crippen LogP contribution in [-0.2, 0) is 0 Å². The van der Waals surface area contributed by atoms with E-state index in [-0.39, 0.29) is 16.7 Å². The number of nitrogens with one attached hydrogen (secondary N) is 1. The predicted octanol–water partition coefficient (Wildman–Crippen LogP) is 2.22. The van der Waals surface area contributed by atoms with E-state index in [1.54, 1.807) is 11.8 Å². The topological polar surface area (TPSA) is 86.3 Å². The SMILES string of the molecule is CC1=NCC(c2nc3c(C#N)c[nH]n3c(=O)c2C(C)C)S1. The molecule has 1 atom stereocenters. The number of nitrogens with zero attached hydrogens (tertiary/aromatic N) is 4. The number of aromatic amines is 1. The van der Waals surface area contributed by atoms with Gasteiger partial charge in [-0.2, -0.15) is 5.26 Å². The molecule has 108 valence electrons. The molecule has 1 aliphatic rings. The summed E-state index contributed by atoms with van der Waals surface area (Å²) in [6.07, 6.45) is 1.52. The van der Waals surface area contributed by atoms with Gasteiger partial charge < -0.3 is 0 Å². The molecule has 1 aliphatic heterocycles. The van der Waals surface area contributed by atoms with Crippen molar-refractivity contribution >= 4 is 22.5 Å². The standard InChI is InChI=1S/C14H15N5OS/c1-7(2)11-12(10-6-16-8(3)21-10)18-13-9(4-15)5-17-19(13)14(11)20/h5,7,10,17H,6H2,1-3H3. The van der Waals surface area contributed by atoms with Crippen LogP contribution in [0, 0.1) is 11.3 Å². The summed E-state index contributed by atoms with van der Waals surface area (Å²) in [7, 11) is 0. The number of hydrogen-bond donors (Lipinski definition) is 1. The number of nitriles is 1. The number of aliphatic imine (C=N–C) groups is 1. The van der Waals surface area contributed by atoms with Gasteiger partial charge in [-0.3, -0.25) is 14.9 Å². The normalized spacial score (nSPS) is 18.2. The van der Waals surface area contributed by atoms with Crippen molar-refractivity contribution in [3.63, 3.8) is 0 Å². The summed E-state index contributed by atoms with van der Waals surface area (Å²) in [5.74, 6) is 0.0623. The summed E-state index contributed by atoms with van der Waals surface area (Å²) in [4.78, 5) is 21.7. The smallest absolute Gasteiger partial charge is 0.276 e. The molecule has 1 N–H and O–H groups in total. The van der Waals surface area contributed by atoms with E-state index in [1.807, 2.05) is 20.8 Å². The molecule has 21 heavy (non-hydrogen) atoms. The van der Waals surface area contributed by atoms with Crippen molar-refractivity contribution in [2.45, 2.75) is 31.9 Å². The fourth-order valence-corrected chi connectivity index (χ4v) is 3.55. The summed E-state index contributed by atoms with van der Waals surface area (Å²) in [5, 5.41) is 13.0. The van der Waals surface area contributed by atoms with Crippen molar-refractivity contribution in [3.05, 3.63) is 33.4 Å². The Kier molecular flexibility index (Phi) is 3.33. The number of hydrogen-bond acceptors (Lipinski definition) is 5. The first-order valence-electron chi connectivity index (χ1n) is 6.74. The molecule has 0 saturated heterocycles. The summed E-state index contributed by atoms with van der Waals surface area (Å²) in [5.41, 5.74) is 2.10. The Morgan fingerprint density at radius 3 is 2.90 bits per heavy atom. The van der Waals surface area contributed by atoms with Crippen molar-refractivity contribution < 1.29 is 0 Å². The molecule has 3 heterocycles. The van der Waals surface area contributed by atoms with Gasteiger partial charge in [0.25, 0.3) is 5.56 Å². The van der Waals surface area contributed by atoms with Crippen molar-refractivity contribution in [1.82, 2.24) is 14.6 Å². The molecule has 0 aliphatic carbocycles. The van der Waals surface area contributed by atoms with Crippen LogP contribution in [0.5, 0.6) is 0 Å². The molecule has 7 heteroatoms. The first kappa shape index (κ1) is 13.9. The van der Waals surface area contributed by atoms with Gasteiger partial charge in [-0.25, -0.2) is 9.50 Å². The number of rotatable bonds is 2. The van der Waals surface area contributed by atoms with E-state index in [9.17, 15) is 4.79 Å². The monoisotopic (exact) mass is 301 g/mol. The van der Waals surface area contributed by atoms with Crippen LogP contribution in [0.3, 0.4) is 0 Å². The highest BCUT2D eigenvalue weighted by atomic mass is 32.2. The number of fused-ring (bicyclic) bond motifs is 1. The Labute approximate surface area is 125 Å². The van der Waals surface area contributed by atoms with Crippen LogP contribution in [0.4, 0.5) is 0 Å². The zero-order chi connectivity index (χ0) is 15.1. The molecular weight excluding hydrogens is 286 g/mol. The molecule has 3 rings (SSSR count). The molecule has 0 aromatic carbocycles. The highest BCUT2D eigenvalue weighted by molar-refractivity contribution is 8.14. The van der Waals surface area contributed by atoms with Crippen molar-refractivity contribution in [2.24, 2.45) is 4.99 Å². The van der Waals surface area contributed by atoms with E-state index >= 15 is 0 Å². The fraction of sp³-hybridized carbons (Fsp3) is 0.429. The maximum Gasteiger partial charge on any atom is 0.276 e. The van der Waals surface area contributed by atoms with E-state index in [4.69, 9.17) is 5.26 Å². The van der Waals surface area contributed by atoms with Crippen molar-refractivity contribution in [1.29, 1.82) is 5.26 Å². The summed E-state index contributed by atoms with van der Waals surface area (Å²) < 4.78 is 1.35. The van der Waals surface area contributed by atoms with Crippen LogP contribution in [-0.4, -0.2) is 26.2 Å². The largest absolute Gasteiger partial charge is 0.295 e. The van der Waals surface area contributed by atoms with E-state index in [0.717, 1.165) is 10.7 Å². The Morgan fingerprint density at radius 1 is 1.57 bits per heavy atom. The summed E-state index contributed by atoms with van der Waals surface area (Å²) in [6, 6.07) is 2.06. The Morgan fingerprint density at radius 2 is 2.33 bits per heavy atom. The molecule has 0 spiro atoms. The molecule has 2 aromatic rings. The van der Waals surface area contributed by atoms with Crippen LogP contribution in [0.1, 0.15) is 48.8 Å². The first-order chi connectivity index (χ1) is 10.0. The summed E-state index contributed by atoms with van der Waals surface area (Å²) >= 11 is 1.63. The molecule has 2 aromatic heterocycles. The van der Waals surface area contributed by atoms with Gasteiger partial charge in [0.15, 0.2) is 5.65 Å². The van der Waals surface area contributed by atoms with Gasteiger partial charge in [-0.15, -0.1) is 0 Å². The van der Waals surface area contributed by atoms with E-state index in [1.165, 1.54) is 10.7 Å². The van der Waals surface area contributed by atoms with Crippen molar-refractivity contribution in [2.75, 3.05) is 6.54 Å². The Balaban J connectivity index is 2.28. The number of H-pyrrole nitrogens is 1. The van der Waals surface area contributed by atoms with Gasteiger partial charge >= 0.3 is 0 Å². The second-order valence-corrected chi connectivity index (χ2v) is 6.69. The minimum Gasteiger partial charge on any atom is -0.295 e. The van der Waals surface area contributed by atoms with Gasteiger partial charge in [-0.05, 0) is 12.8 Å². The average molecular weight is 301 g/mol. The number of aromatic nitrogens is 3. The molecule has 0 bridgehead atoms. The summed E-state index contributed by atoms with van der Waals surface area (Å²) in [6.45, 7) is 6.55. The molecule has 0 amide bonds. The highest BCUT2D eigenvalue weighted by Crippen LogP contribution is 2.36. The minimum absolute atomic E-state index is 0.0570. The number of thioether (sulfide) groups is 1. The second-order valence-electron chi connectivity index (χ2n) is 5.29. The van der Waals surface area contributed by atoms with Crippen LogP contribution in [0.2, 0.25) is 0 Å². The van der Waals surface area contributed by atoms with Gasteiger partial charge in [-0.1, -0.05) is 25.6 Å². The lowest BCUT2D eigenvalue weighted by Gasteiger charge is -2.15. The first-order valence-corrected chi connectivity index (χ1v) is 7.62. The lowest BCUT2D eigenvalue weighted by atomic mass is 10.0. The lowest BCUT2D eigenvalue weighted by Crippen LogP contribution is -2.25. The maximum atomic E-state index is 12.7. The Bertz CT molecular complexity index is 839. The minimum atomic E-state index is -0.128. The van der Waals surface area contributed by atoms with E-state index < -0.39 is 0 Å². The molecule has 0 radical (unpaired) electrons. The van der Waals surface area contributed by atoms with Crippen LogP contribution < -0.4 is 5.56 Å². The molecule has 1 unspecified atom stereocenters. The van der Waals surface area contributed by atoms with Gasteiger partial charge in [0.05, 0.1) is 22.5 Å². The Hall–Kier alpha value is -2.07. The zero-order valence-corrected chi connectivity index (χ0v) is 12.9. The molecular formula is C14H15N5OS. The van der Waals surface area contributed by atoms with Gasteiger partial charge in [0.2, 0.25) is 0 Å². The third-order valence-corrected chi connectivity index (χ3v) is 4.65. The molecule has 0 saturated carbocycles. The highest BCUT2D eigenvalue weighted by Gasteiger charge is 2.27. The van der Waals surface area contributed by atoms with Crippen molar-refractivity contribution in [3.8, 4) is 6.07 Å². The van der Waals surface area contributed by atoms with Gasteiger partial charge in [0.1, 0.15) is 11.6 Å². The van der Waals surface area contributed by atoms with E-state index in [0.29, 0.717) is 23.3 Å². The van der Waals surface area contributed by atoms with Gasteiger partial charge in [0, 0.05) is 11.8 Å². The predicted molar refractivity (Wildman–Crippen MR) is 82.9 cm³/mol. The van der Waals surface area contributed by atoms with Crippen LogP contribution in [0.15, 0.2) is 16.0 Å². The van der Waals surface area contributed by atoms with Crippen LogP contribution in [0.25, 0.3) is 5.65 Å². The molecule has 0 fully saturated rings. The third-order valence-electron chi connectivity index (χ3n) is 3.52. The average Bonchev–Trinajstić information content (AvgIpc) is 3.03. The fourth-order valence-electron chi connectivity index (χ4n) is 2.55. The van der Waals surface area contributed by atoms with E-state index in [2.05, 4.69) is 21.1 Å². The second kappa shape index (κ2) is 5.04. The molecule has 6 nitrogen and oxygen atoms in total. The third kappa shape index (κ3) is 2.16. The lowest BCUT2D eigenvalue weighted by molar-refractivity contribution is 0.754. The zero-order valence-electron chi connectivity index (χ0n) is 12.0. The maximum absolute atomic E-state index is 12.7. The van der Waals surface area contributed by atoms with Crippen LogP contribution >= 0.6 is 11.8 Å². The quantitative estimate of drug-likeness (QED) is 0.921.